The summed E-state index contributed by atoms with van der Waals surface area (Å²) in [6.45, 7) is -0.738. The number of hydrogen-bond donors (Lipinski definition) is 7. The van der Waals surface area contributed by atoms with E-state index in [4.69, 9.17) is 20.3 Å². The zero-order chi connectivity index (χ0) is 26.1. The molecule has 2 rings (SSSR count). The lowest BCUT2D eigenvalue weighted by atomic mass is 9.85. The Kier molecular flexibility index (Phi) is 8.62. The number of ether oxygens (including phenoxy) is 1. The minimum absolute atomic E-state index is 0.462. The highest BCUT2D eigenvalue weighted by atomic mass is 31.3. The van der Waals surface area contributed by atoms with Gasteiger partial charge < -0.3 is 40.3 Å². The van der Waals surface area contributed by atoms with Crippen molar-refractivity contribution in [3.8, 4) is 11.8 Å². The molecule has 2 heterocycles. The van der Waals surface area contributed by atoms with Gasteiger partial charge in [-0.1, -0.05) is 5.92 Å². The minimum Gasteiger partial charge on any atom is -0.396 e. The van der Waals surface area contributed by atoms with E-state index in [-0.39, 0.29) is 0 Å². The van der Waals surface area contributed by atoms with Crippen LogP contribution in [0.1, 0.15) is 13.2 Å². The Morgan fingerprint density at radius 3 is 2.41 bits per heavy atom. The van der Waals surface area contributed by atoms with Crippen LogP contribution in [0.2, 0.25) is 0 Å². The molecular formula is C13H19FN3O14P3. The van der Waals surface area contributed by atoms with Crippen LogP contribution in [0.4, 0.5) is 10.2 Å². The summed E-state index contributed by atoms with van der Waals surface area (Å²) in [7, 11) is -17.0. The Labute approximate surface area is 189 Å². The lowest BCUT2D eigenvalue weighted by Crippen LogP contribution is -2.46. The number of aliphatic hydroxyl groups excluding tert-OH is 1. The Balaban J connectivity index is 2.33. The molecule has 1 saturated heterocycles. The van der Waals surface area contributed by atoms with Crippen LogP contribution in [0.5, 0.6) is 0 Å². The molecule has 1 aromatic heterocycles. The van der Waals surface area contributed by atoms with Crippen molar-refractivity contribution in [1.29, 1.82) is 0 Å². The van der Waals surface area contributed by atoms with Gasteiger partial charge in [0.25, 0.3) is 0 Å². The van der Waals surface area contributed by atoms with Gasteiger partial charge in [0.2, 0.25) is 0 Å². The van der Waals surface area contributed by atoms with Gasteiger partial charge in [-0.25, -0.2) is 22.9 Å². The predicted molar refractivity (Wildman–Crippen MR) is 106 cm³/mol. The molecule has 0 aromatic carbocycles. The molecule has 8 N–H and O–H groups in total. The third-order valence-corrected chi connectivity index (χ3v) is 8.02. The van der Waals surface area contributed by atoms with Crippen LogP contribution in [0.25, 0.3) is 0 Å². The van der Waals surface area contributed by atoms with E-state index in [1.807, 2.05) is 0 Å². The molecule has 1 aromatic rings. The third-order valence-electron chi connectivity index (χ3n) is 4.22. The quantitative estimate of drug-likeness (QED) is 0.136. The van der Waals surface area contributed by atoms with Crippen molar-refractivity contribution in [2.24, 2.45) is 5.92 Å². The second-order valence-electron chi connectivity index (χ2n) is 6.57. The molecule has 192 valence electrons. The number of aliphatic hydroxyl groups is 2. The van der Waals surface area contributed by atoms with E-state index in [2.05, 4.69) is 30.0 Å². The zero-order valence-electron chi connectivity index (χ0n) is 16.9. The van der Waals surface area contributed by atoms with Crippen molar-refractivity contribution < 1.29 is 65.8 Å². The summed E-state index contributed by atoms with van der Waals surface area (Å²) < 4.78 is 65.4. The highest BCUT2D eigenvalue weighted by molar-refractivity contribution is 7.66. The van der Waals surface area contributed by atoms with E-state index < -0.39 is 77.9 Å². The molecule has 21 heteroatoms. The molecule has 1 fully saturated rings. The number of halogens is 1. The second kappa shape index (κ2) is 10.2. The summed E-state index contributed by atoms with van der Waals surface area (Å²) in [5, 5.41) is 20.8. The van der Waals surface area contributed by atoms with Gasteiger partial charge in [-0.3, -0.25) is 9.09 Å². The van der Waals surface area contributed by atoms with Crippen LogP contribution in [0.15, 0.2) is 11.0 Å². The fourth-order valence-electron chi connectivity index (χ4n) is 2.97. The van der Waals surface area contributed by atoms with Gasteiger partial charge in [-0.15, -0.1) is 5.92 Å². The van der Waals surface area contributed by atoms with Crippen LogP contribution in [0, 0.1) is 23.6 Å². The summed E-state index contributed by atoms with van der Waals surface area (Å²) in [5.74, 6) is 1.21. The molecule has 0 radical (unpaired) electrons. The maximum absolute atomic E-state index is 13.9. The zero-order valence-corrected chi connectivity index (χ0v) is 19.5. The van der Waals surface area contributed by atoms with Gasteiger partial charge in [0.1, 0.15) is 0 Å². The van der Waals surface area contributed by atoms with Crippen LogP contribution >= 0.6 is 23.5 Å². The summed E-state index contributed by atoms with van der Waals surface area (Å²) in [5.41, 5.74) is 1.61. The first-order valence-electron chi connectivity index (χ1n) is 8.70. The molecule has 6 atom stereocenters. The van der Waals surface area contributed by atoms with Gasteiger partial charge in [0.15, 0.2) is 23.5 Å². The molecule has 34 heavy (non-hydrogen) atoms. The van der Waals surface area contributed by atoms with Gasteiger partial charge in [-0.2, -0.15) is 13.6 Å². The number of nitrogens with two attached hydrogens (primary N) is 1. The molecule has 17 nitrogen and oxygen atoms in total. The fourth-order valence-corrected chi connectivity index (χ4v) is 6.00. The summed E-state index contributed by atoms with van der Waals surface area (Å²) in [6, 6.07) is 0. The molecule has 1 aliphatic heterocycles. The number of anilines is 1. The number of nitrogens with zero attached hydrogens (tertiary/aromatic N) is 2. The van der Waals surface area contributed by atoms with E-state index >= 15 is 0 Å². The first kappa shape index (κ1) is 28.7. The van der Waals surface area contributed by atoms with E-state index in [1.165, 1.54) is 6.92 Å². The third kappa shape index (κ3) is 6.78. The first-order valence-corrected chi connectivity index (χ1v) is 13.2. The van der Waals surface area contributed by atoms with Crippen molar-refractivity contribution in [2.75, 3.05) is 18.9 Å². The Bertz CT molecular complexity index is 1190. The molecule has 4 unspecified atom stereocenters. The van der Waals surface area contributed by atoms with Crippen LogP contribution in [-0.4, -0.2) is 64.3 Å². The van der Waals surface area contributed by atoms with Gasteiger partial charge in [0, 0.05) is 0 Å². The molecule has 0 spiro atoms. The topological polar surface area (TPSA) is 270 Å². The van der Waals surface area contributed by atoms with Crippen molar-refractivity contribution in [3.05, 3.63) is 22.5 Å². The van der Waals surface area contributed by atoms with Crippen molar-refractivity contribution in [1.82, 2.24) is 9.55 Å². The van der Waals surface area contributed by atoms with Gasteiger partial charge >= 0.3 is 29.2 Å². The second-order valence-corrected chi connectivity index (χ2v) is 11.0. The largest absolute Gasteiger partial charge is 0.490 e. The number of aromatic nitrogens is 2. The van der Waals surface area contributed by atoms with Crippen LogP contribution < -0.4 is 11.4 Å². The normalized spacial score (nSPS) is 28.5. The van der Waals surface area contributed by atoms with E-state index in [0.717, 1.165) is 0 Å². The van der Waals surface area contributed by atoms with Crippen LogP contribution in [0.3, 0.4) is 0 Å². The van der Waals surface area contributed by atoms with E-state index in [0.29, 0.717) is 10.8 Å². The number of hydrogen-bond acceptors (Lipinski definition) is 12. The first-order chi connectivity index (χ1) is 15.4. The number of phosphoric acid groups is 3. The highest BCUT2D eigenvalue weighted by Gasteiger charge is 2.57. The monoisotopic (exact) mass is 553 g/mol. The summed E-state index contributed by atoms with van der Waals surface area (Å²) >= 11 is 0. The minimum atomic E-state index is -5.80. The van der Waals surface area contributed by atoms with Crippen molar-refractivity contribution >= 4 is 29.3 Å². The maximum atomic E-state index is 13.9. The Morgan fingerprint density at radius 1 is 1.26 bits per heavy atom. The Hall–Kier alpha value is -1.54. The van der Waals surface area contributed by atoms with Crippen molar-refractivity contribution in [2.45, 2.75) is 24.9 Å². The molecule has 1 aliphatic rings. The van der Waals surface area contributed by atoms with Gasteiger partial charge in [0.05, 0.1) is 31.4 Å². The average molecular weight is 553 g/mol. The molecule has 0 saturated carbocycles. The van der Waals surface area contributed by atoms with Gasteiger partial charge in [-0.05, 0) is 6.92 Å². The number of rotatable bonds is 9. The smallest absolute Gasteiger partial charge is 0.396 e. The average Bonchev–Trinajstić information content (AvgIpc) is 2.91. The Morgan fingerprint density at radius 2 is 1.88 bits per heavy atom. The van der Waals surface area contributed by atoms with E-state index in [9.17, 15) is 42.9 Å². The highest BCUT2D eigenvalue weighted by Crippen LogP contribution is 2.66. The maximum Gasteiger partial charge on any atom is 0.490 e. The number of phosphoric ester groups is 1. The fraction of sp³-hybridized carbons (Fsp3) is 0.538. The number of nitrogen functional groups attached to an aromatic ring is 1. The lowest BCUT2D eigenvalue weighted by molar-refractivity contribution is -0.0749. The summed E-state index contributed by atoms with van der Waals surface area (Å²) in [4.78, 5) is 51.3. The summed E-state index contributed by atoms with van der Waals surface area (Å²) in [6.07, 6.45) is -2.89. The van der Waals surface area contributed by atoms with Crippen molar-refractivity contribution in [3.63, 3.8) is 0 Å². The lowest BCUT2D eigenvalue weighted by Gasteiger charge is -2.28. The standard InChI is InChI=1S/C13H19FN3O14P3/c1-2-3-13(20)7(5-18)9(29-11(13)17-4-8(14)10(15)16-12(17)19)6-28-33(24,25)31-34(26,27)30-32(21,22)23/h4,7,9,11,18,20H,5-6H2,1H3,(H,24,25)(H,26,27)(H2,15,16,19)(H2,21,22,23)/t7?,9-,11-,13?/m1/s1. The van der Waals surface area contributed by atoms with Crippen LogP contribution in [-0.2, 0) is 31.6 Å². The molecular weight excluding hydrogens is 534 g/mol. The SMILES string of the molecule is CC#CC1(O)C(CO)[C@@H](COP(=O)(O)OP(=O)(O)OP(=O)(O)O)O[C@H]1n1cc(F)c(N)nc1=O. The molecule has 0 aliphatic carbocycles. The molecule has 0 amide bonds. The van der Waals surface area contributed by atoms with E-state index in [1.54, 1.807) is 0 Å². The predicted octanol–water partition coefficient (Wildman–Crippen LogP) is -1.43. The molecule has 0 bridgehead atoms.